The summed E-state index contributed by atoms with van der Waals surface area (Å²) in [5, 5.41) is 18.1. The summed E-state index contributed by atoms with van der Waals surface area (Å²) < 4.78 is 1.69. The number of carbonyl (C=O) groups excluding carboxylic acids is 1. The fourth-order valence-electron chi connectivity index (χ4n) is 1.58. The van der Waals surface area contributed by atoms with Crippen molar-refractivity contribution in [1.82, 2.24) is 15.1 Å². The second-order valence-corrected chi connectivity index (χ2v) is 4.63. The molecule has 2 amide bonds. The lowest BCUT2D eigenvalue weighted by atomic mass is 10.0. The smallest absolute Gasteiger partial charge is 0.319 e. The average Bonchev–Trinajstić information content (AvgIpc) is 2.75. The molecule has 1 unspecified atom stereocenters. The van der Waals surface area contributed by atoms with Gasteiger partial charge in [0.25, 0.3) is 0 Å². The van der Waals surface area contributed by atoms with E-state index in [2.05, 4.69) is 15.7 Å². The number of carboxylic acids is 1. The molecule has 0 aliphatic heterocycles. The zero-order valence-electron chi connectivity index (χ0n) is 11.4. The molecule has 7 heteroatoms. The van der Waals surface area contributed by atoms with Gasteiger partial charge in [-0.05, 0) is 12.8 Å². The number of nitrogens with zero attached hydrogens (tertiary/aromatic N) is 2. The summed E-state index contributed by atoms with van der Waals surface area (Å²) in [5.74, 6) is -0.891. The number of rotatable bonds is 6. The number of aryl methyl sites for hydroxylation is 1. The first-order chi connectivity index (χ1) is 8.92. The Balaban J connectivity index is 2.54. The first-order valence-electron chi connectivity index (χ1n) is 6.24. The minimum absolute atomic E-state index is 0.0419. The molecule has 0 spiro atoms. The van der Waals surface area contributed by atoms with Gasteiger partial charge in [0.15, 0.2) is 0 Å². The third-order valence-corrected chi connectivity index (χ3v) is 2.73. The molecule has 0 aliphatic carbocycles. The SMILES string of the molecule is CCn1cc(NC(=O)NC(CC(=O)O)C(C)C)cn1. The largest absolute Gasteiger partial charge is 0.481 e. The van der Waals surface area contributed by atoms with Crippen LogP contribution in [0.4, 0.5) is 10.5 Å². The van der Waals surface area contributed by atoms with Crippen molar-refractivity contribution in [2.75, 3.05) is 5.32 Å². The highest BCUT2D eigenvalue weighted by molar-refractivity contribution is 5.89. The van der Waals surface area contributed by atoms with E-state index in [1.54, 1.807) is 17.1 Å². The van der Waals surface area contributed by atoms with Gasteiger partial charge in [0, 0.05) is 18.8 Å². The topological polar surface area (TPSA) is 96.2 Å². The monoisotopic (exact) mass is 268 g/mol. The lowest BCUT2D eigenvalue weighted by molar-refractivity contribution is -0.137. The fraction of sp³-hybridized carbons (Fsp3) is 0.583. The number of nitrogens with one attached hydrogen (secondary N) is 2. The van der Waals surface area contributed by atoms with Crippen LogP contribution in [0, 0.1) is 5.92 Å². The first-order valence-corrected chi connectivity index (χ1v) is 6.24. The summed E-state index contributed by atoms with van der Waals surface area (Å²) in [5.41, 5.74) is 0.581. The molecule has 1 aromatic heterocycles. The number of anilines is 1. The van der Waals surface area contributed by atoms with Crippen molar-refractivity contribution < 1.29 is 14.7 Å². The van der Waals surface area contributed by atoms with Gasteiger partial charge in [0.1, 0.15) is 0 Å². The molecule has 7 nitrogen and oxygen atoms in total. The molecule has 0 radical (unpaired) electrons. The van der Waals surface area contributed by atoms with E-state index in [0.717, 1.165) is 6.54 Å². The Morgan fingerprint density at radius 2 is 2.16 bits per heavy atom. The normalized spacial score (nSPS) is 12.2. The van der Waals surface area contributed by atoms with Crippen molar-refractivity contribution in [1.29, 1.82) is 0 Å². The first kappa shape index (κ1) is 15.0. The highest BCUT2D eigenvalue weighted by Gasteiger charge is 2.19. The summed E-state index contributed by atoms with van der Waals surface area (Å²) in [6.07, 6.45) is 3.16. The minimum atomic E-state index is -0.933. The molecule has 106 valence electrons. The maximum atomic E-state index is 11.8. The second-order valence-electron chi connectivity index (χ2n) is 4.63. The Morgan fingerprint density at radius 1 is 1.47 bits per heavy atom. The predicted molar refractivity (Wildman–Crippen MR) is 70.9 cm³/mol. The van der Waals surface area contributed by atoms with Crippen molar-refractivity contribution in [3.05, 3.63) is 12.4 Å². The Morgan fingerprint density at radius 3 is 2.63 bits per heavy atom. The number of aromatic nitrogens is 2. The number of hydrogen-bond acceptors (Lipinski definition) is 3. The molecule has 1 atom stereocenters. The highest BCUT2D eigenvalue weighted by Crippen LogP contribution is 2.08. The van der Waals surface area contributed by atoms with Crippen molar-refractivity contribution in [3.63, 3.8) is 0 Å². The van der Waals surface area contributed by atoms with Gasteiger partial charge in [-0.15, -0.1) is 0 Å². The Labute approximate surface area is 112 Å². The Kier molecular flexibility index (Phi) is 5.35. The molecule has 19 heavy (non-hydrogen) atoms. The lowest BCUT2D eigenvalue weighted by Crippen LogP contribution is -2.42. The van der Waals surface area contributed by atoms with E-state index in [1.807, 2.05) is 20.8 Å². The quantitative estimate of drug-likeness (QED) is 0.728. The van der Waals surface area contributed by atoms with Crippen LogP contribution in [0.25, 0.3) is 0 Å². The van der Waals surface area contributed by atoms with Gasteiger partial charge in [-0.25, -0.2) is 4.79 Å². The van der Waals surface area contributed by atoms with Gasteiger partial charge in [0.2, 0.25) is 0 Å². The molecule has 0 aliphatic rings. The summed E-state index contributed by atoms with van der Waals surface area (Å²) in [6, 6.07) is -0.825. The lowest BCUT2D eigenvalue weighted by Gasteiger charge is -2.20. The van der Waals surface area contributed by atoms with Crippen molar-refractivity contribution in [2.45, 2.75) is 39.8 Å². The Bertz CT molecular complexity index is 442. The molecule has 0 bridgehead atoms. The molecule has 0 saturated heterocycles. The number of hydrogen-bond donors (Lipinski definition) is 3. The molecule has 0 fully saturated rings. The molecular formula is C12H20N4O3. The van der Waals surface area contributed by atoms with E-state index >= 15 is 0 Å². The summed E-state index contributed by atoms with van der Waals surface area (Å²) in [4.78, 5) is 22.5. The van der Waals surface area contributed by atoms with Crippen LogP contribution in [-0.4, -0.2) is 32.9 Å². The van der Waals surface area contributed by atoms with Crippen LogP contribution >= 0.6 is 0 Å². The van der Waals surface area contributed by atoms with Crippen molar-refractivity contribution in [2.24, 2.45) is 5.92 Å². The van der Waals surface area contributed by atoms with Gasteiger partial charge >= 0.3 is 12.0 Å². The van der Waals surface area contributed by atoms with Crippen LogP contribution < -0.4 is 10.6 Å². The van der Waals surface area contributed by atoms with Crippen LogP contribution in [0.2, 0.25) is 0 Å². The third-order valence-electron chi connectivity index (χ3n) is 2.73. The van der Waals surface area contributed by atoms with Crippen LogP contribution in [0.15, 0.2) is 12.4 Å². The summed E-state index contributed by atoms with van der Waals surface area (Å²) in [7, 11) is 0. The van der Waals surface area contributed by atoms with E-state index in [1.165, 1.54) is 0 Å². The van der Waals surface area contributed by atoms with Gasteiger partial charge in [-0.3, -0.25) is 9.48 Å². The third kappa shape index (κ3) is 4.99. The van der Waals surface area contributed by atoms with E-state index in [0.29, 0.717) is 5.69 Å². The average molecular weight is 268 g/mol. The molecule has 3 N–H and O–H groups in total. The number of carbonyl (C=O) groups is 2. The van der Waals surface area contributed by atoms with E-state index in [9.17, 15) is 9.59 Å². The van der Waals surface area contributed by atoms with Gasteiger partial charge in [-0.2, -0.15) is 5.10 Å². The van der Waals surface area contributed by atoms with Crippen LogP contribution in [0.3, 0.4) is 0 Å². The molecule has 1 rings (SSSR count). The number of carboxylic acid groups (broad SMARTS) is 1. The summed E-state index contributed by atoms with van der Waals surface area (Å²) in [6.45, 7) is 6.39. The highest BCUT2D eigenvalue weighted by atomic mass is 16.4. The van der Waals surface area contributed by atoms with Crippen LogP contribution in [0.5, 0.6) is 0 Å². The molecule has 1 aromatic rings. The van der Waals surface area contributed by atoms with Gasteiger partial charge in [0.05, 0.1) is 18.3 Å². The minimum Gasteiger partial charge on any atom is -0.481 e. The Hall–Kier alpha value is -2.05. The van der Waals surface area contributed by atoms with E-state index in [-0.39, 0.29) is 12.3 Å². The van der Waals surface area contributed by atoms with Crippen LogP contribution in [0.1, 0.15) is 27.2 Å². The maximum Gasteiger partial charge on any atom is 0.319 e. The predicted octanol–water partition coefficient (Wildman–Crippen LogP) is 1.52. The number of urea groups is 1. The number of aliphatic carboxylic acids is 1. The number of amides is 2. The summed E-state index contributed by atoms with van der Waals surface area (Å²) >= 11 is 0. The molecule has 1 heterocycles. The van der Waals surface area contributed by atoms with Gasteiger partial charge in [-0.1, -0.05) is 13.8 Å². The molecule has 0 aromatic carbocycles. The molecular weight excluding hydrogens is 248 g/mol. The molecule has 0 saturated carbocycles. The zero-order chi connectivity index (χ0) is 14.4. The maximum absolute atomic E-state index is 11.8. The second kappa shape index (κ2) is 6.77. The van der Waals surface area contributed by atoms with Gasteiger partial charge < -0.3 is 15.7 Å². The van der Waals surface area contributed by atoms with Crippen molar-refractivity contribution >= 4 is 17.7 Å². The van der Waals surface area contributed by atoms with Crippen LogP contribution in [-0.2, 0) is 11.3 Å². The zero-order valence-corrected chi connectivity index (χ0v) is 11.4. The fourth-order valence-corrected chi connectivity index (χ4v) is 1.58. The standard InChI is InChI=1S/C12H20N4O3/c1-4-16-7-9(6-13-16)14-12(19)15-10(8(2)3)5-11(17)18/h6-8,10H,4-5H2,1-3H3,(H,17,18)(H2,14,15,19). The van der Waals surface area contributed by atoms with E-state index < -0.39 is 18.0 Å². The van der Waals surface area contributed by atoms with Crippen molar-refractivity contribution in [3.8, 4) is 0 Å². The van der Waals surface area contributed by atoms with E-state index in [4.69, 9.17) is 5.11 Å².